The molecule has 0 aromatic heterocycles. The lowest BCUT2D eigenvalue weighted by Gasteiger charge is -2.21. The molecule has 186 valence electrons. The molecule has 0 bridgehead atoms. The minimum Gasteiger partial charge on any atom is -0.326 e. The van der Waals surface area contributed by atoms with Crippen LogP contribution in [0.2, 0.25) is 0 Å². The van der Waals surface area contributed by atoms with Crippen LogP contribution in [0.4, 0.5) is 11.4 Å². The third-order valence-electron chi connectivity index (χ3n) is 4.86. The fourth-order valence-corrected chi connectivity index (χ4v) is 4.59. The molecule has 0 radical (unpaired) electrons. The summed E-state index contributed by atoms with van der Waals surface area (Å²) in [6, 6.07) is 20.2. The van der Waals surface area contributed by atoms with E-state index in [-0.39, 0.29) is 28.6 Å². The molecule has 3 aromatic rings. The molecule has 0 unspecified atom stereocenters. The number of hydrazone groups is 1. The van der Waals surface area contributed by atoms with Crippen LogP contribution in [-0.4, -0.2) is 42.2 Å². The molecule has 0 aliphatic carbocycles. The fourth-order valence-electron chi connectivity index (χ4n) is 3.21. The van der Waals surface area contributed by atoms with E-state index in [4.69, 9.17) is 0 Å². The smallest absolute Gasteiger partial charge is 0.278 e. The van der Waals surface area contributed by atoms with Gasteiger partial charge in [0.2, 0.25) is 15.9 Å². The molecular weight excluding hydrogens is 486 g/mol. The number of rotatable bonds is 10. The Kier molecular flexibility index (Phi) is 8.60. The molecule has 2 N–H and O–H groups in total. The van der Waals surface area contributed by atoms with Crippen molar-refractivity contribution in [3.05, 3.63) is 100 Å². The van der Waals surface area contributed by atoms with Gasteiger partial charge in [0.1, 0.15) is 0 Å². The molecular formula is C24H23N5O6S. The van der Waals surface area contributed by atoms with Gasteiger partial charge in [-0.2, -0.15) is 9.41 Å². The third-order valence-corrected chi connectivity index (χ3v) is 6.67. The highest BCUT2D eigenvalue weighted by Gasteiger charge is 2.27. The van der Waals surface area contributed by atoms with E-state index in [0.717, 1.165) is 10.5 Å². The van der Waals surface area contributed by atoms with E-state index in [1.165, 1.54) is 49.4 Å². The van der Waals surface area contributed by atoms with Gasteiger partial charge in [-0.15, -0.1) is 0 Å². The number of hydrogen-bond donors (Lipinski definition) is 2. The number of anilines is 1. The average Bonchev–Trinajstić information content (AvgIpc) is 2.84. The van der Waals surface area contributed by atoms with Crippen molar-refractivity contribution >= 4 is 39.4 Å². The van der Waals surface area contributed by atoms with E-state index in [9.17, 15) is 28.1 Å². The summed E-state index contributed by atoms with van der Waals surface area (Å²) in [6.45, 7) is 0.695. The highest BCUT2D eigenvalue weighted by atomic mass is 32.2. The maximum Gasteiger partial charge on any atom is 0.278 e. The van der Waals surface area contributed by atoms with Crippen molar-refractivity contribution in [1.29, 1.82) is 0 Å². The zero-order valence-corrected chi connectivity index (χ0v) is 20.0. The summed E-state index contributed by atoms with van der Waals surface area (Å²) in [7, 11) is -4.12. The Morgan fingerprint density at radius 2 is 1.64 bits per heavy atom. The van der Waals surface area contributed by atoms with Crippen molar-refractivity contribution in [2.24, 2.45) is 5.10 Å². The van der Waals surface area contributed by atoms with E-state index in [2.05, 4.69) is 15.8 Å². The number of amides is 2. The molecule has 12 heteroatoms. The maximum atomic E-state index is 13.4. The molecule has 0 saturated carbocycles. The number of nitrogens with zero attached hydrogens (tertiary/aromatic N) is 3. The van der Waals surface area contributed by atoms with Crippen LogP contribution in [0.25, 0.3) is 0 Å². The van der Waals surface area contributed by atoms with Crippen LogP contribution in [0.1, 0.15) is 18.1 Å². The number of hydrogen-bond acceptors (Lipinski definition) is 7. The van der Waals surface area contributed by atoms with E-state index in [1.807, 2.05) is 0 Å². The van der Waals surface area contributed by atoms with Crippen molar-refractivity contribution in [1.82, 2.24) is 9.73 Å². The van der Waals surface area contributed by atoms with Crippen LogP contribution in [-0.2, 0) is 26.2 Å². The fraction of sp³-hybridized carbons (Fsp3) is 0.125. The summed E-state index contributed by atoms with van der Waals surface area (Å²) in [5, 5.41) is 17.4. The first-order chi connectivity index (χ1) is 17.2. The summed E-state index contributed by atoms with van der Waals surface area (Å²) in [5.41, 5.74) is 3.30. The van der Waals surface area contributed by atoms with E-state index >= 15 is 0 Å². The van der Waals surface area contributed by atoms with Crippen LogP contribution < -0.4 is 10.7 Å². The number of carbonyl (C=O) groups is 2. The molecule has 11 nitrogen and oxygen atoms in total. The Bertz CT molecular complexity index is 1380. The second-order valence-corrected chi connectivity index (χ2v) is 9.51. The van der Waals surface area contributed by atoms with Gasteiger partial charge in [-0.05, 0) is 35.9 Å². The summed E-state index contributed by atoms with van der Waals surface area (Å²) in [5.74, 6) is -1.03. The molecule has 3 aromatic carbocycles. The summed E-state index contributed by atoms with van der Waals surface area (Å²) in [4.78, 5) is 34.3. The quantitative estimate of drug-likeness (QED) is 0.244. The van der Waals surface area contributed by atoms with Gasteiger partial charge in [0.05, 0.1) is 28.1 Å². The van der Waals surface area contributed by atoms with Crippen LogP contribution in [0.3, 0.4) is 0 Å². The molecule has 0 spiro atoms. The lowest BCUT2D eigenvalue weighted by Crippen LogP contribution is -2.39. The van der Waals surface area contributed by atoms with Crippen LogP contribution in [0.15, 0.2) is 88.9 Å². The van der Waals surface area contributed by atoms with E-state index < -0.39 is 27.4 Å². The zero-order valence-electron chi connectivity index (χ0n) is 19.2. The number of para-hydroxylation sites is 1. The number of nitrogens with one attached hydrogen (secondary N) is 2. The van der Waals surface area contributed by atoms with Gasteiger partial charge < -0.3 is 5.32 Å². The molecule has 0 heterocycles. The first-order valence-electron chi connectivity index (χ1n) is 10.6. The van der Waals surface area contributed by atoms with Crippen molar-refractivity contribution < 1.29 is 22.9 Å². The molecule has 0 aliphatic rings. The Labute approximate surface area is 207 Å². The van der Waals surface area contributed by atoms with Gasteiger partial charge in [0.15, 0.2) is 0 Å². The van der Waals surface area contributed by atoms with Crippen LogP contribution >= 0.6 is 0 Å². The first-order valence-corrected chi connectivity index (χ1v) is 12.1. The standard InChI is InChI=1S/C24H23N5O6S/c1-18(30)26-21-11-13-22(14-12-21)36(34,35)28(16-19-7-3-2-4-8-19)17-24(31)27-25-15-20-9-5-6-10-23(20)29(32)33/h2-15H,16-17H2,1H3,(H,26,30)(H,27,31)/b25-15-. The monoisotopic (exact) mass is 509 g/mol. The molecule has 0 atom stereocenters. The number of sulfonamides is 1. The number of nitro groups is 1. The summed E-state index contributed by atoms with van der Waals surface area (Å²) < 4.78 is 27.7. The van der Waals surface area contributed by atoms with E-state index in [1.54, 1.807) is 36.4 Å². The predicted octanol–water partition coefficient (Wildman–Crippen LogP) is 2.89. The second kappa shape index (κ2) is 11.8. The Balaban J connectivity index is 1.80. The lowest BCUT2D eigenvalue weighted by molar-refractivity contribution is -0.385. The van der Waals surface area contributed by atoms with Crippen LogP contribution in [0.5, 0.6) is 0 Å². The molecule has 0 saturated heterocycles. The largest absolute Gasteiger partial charge is 0.326 e. The number of benzene rings is 3. The van der Waals surface area contributed by atoms with Crippen molar-refractivity contribution in [3.63, 3.8) is 0 Å². The normalized spacial score (nSPS) is 11.4. The third kappa shape index (κ3) is 7.04. The minimum atomic E-state index is -4.12. The molecule has 0 fully saturated rings. The summed E-state index contributed by atoms with van der Waals surface area (Å²) in [6.07, 6.45) is 1.12. The highest BCUT2D eigenvalue weighted by Crippen LogP contribution is 2.21. The SMILES string of the molecule is CC(=O)Nc1ccc(S(=O)(=O)N(CC(=O)N/N=C\c2ccccc2[N+](=O)[O-])Cc2ccccc2)cc1. The second-order valence-electron chi connectivity index (χ2n) is 7.57. The van der Waals surface area contributed by atoms with E-state index in [0.29, 0.717) is 11.3 Å². The number of carbonyl (C=O) groups excluding carboxylic acids is 2. The molecule has 0 aliphatic heterocycles. The Morgan fingerprint density at radius 3 is 2.28 bits per heavy atom. The zero-order chi connectivity index (χ0) is 26.1. The number of nitro benzene ring substituents is 1. The maximum absolute atomic E-state index is 13.4. The molecule has 3 rings (SSSR count). The lowest BCUT2D eigenvalue weighted by atomic mass is 10.2. The summed E-state index contributed by atoms with van der Waals surface area (Å²) >= 11 is 0. The Morgan fingerprint density at radius 1 is 1.00 bits per heavy atom. The molecule has 2 amide bonds. The molecule has 36 heavy (non-hydrogen) atoms. The topological polar surface area (TPSA) is 151 Å². The van der Waals surface area contributed by atoms with Gasteiger partial charge in [0, 0.05) is 25.2 Å². The van der Waals surface area contributed by atoms with Gasteiger partial charge in [-0.1, -0.05) is 42.5 Å². The van der Waals surface area contributed by atoms with Gasteiger partial charge in [-0.25, -0.2) is 13.8 Å². The van der Waals surface area contributed by atoms with Crippen molar-refractivity contribution in [2.75, 3.05) is 11.9 Å². The predicted molar refractivity (Wildman–Crippen MR) is 134 cm³/mol. The van der Waals surface area contributed by atoms with Gasteiger partial charge >= 0.3 is 0 Å². The minimum absolute atomic E-state index is 0.0660. The average molecular weight is 510 g/mol. The van der Waals surface area contributed by atoms with Gasteiger partial charge in [0.25, 0.3) is 11.6 Å². The van der Waals surface area contributed by atoms with Crippen molar-refractivity contribution in [3.8, 4) is 0 Å². The van der Waals surface area contributed by atoms with Crippen molar-refractivity contribution in [2.45, 2.75) is 18.4 Å². The van der Waals surface area contributed by atoms with Gasteiger partial charge in [-0.3, -0.25) is 19.7 Å². The van der Waals surface area contributed by atoms with Crippen LogP contribution in [0, 0.1) is 10.1 Å². The first kappa shape index (κ1) is 26.2. The highest BCUT2D eigenvalue weighted by molar-refractivity contribution is 7.89. The Hall–Kier alpha value is -4.42.